The summed E-state index contributed by atoms with van der Waals surface area (Å²) < 4.78 is 5.84. The van der Waals surface area contributed by atoms with Gasteiger partial charge in [0, 0.05) is 18.2 Å². The van der Waals surface area contributed by atoms with Crippen LogP contribution in [0.3, 0.4) is 0 Å². The van der Waals surface area contributed by atoms with Gasteiger partial charge in [0.05, 0.1) is 13.0 Å². The van der Waals surface area contributed by atoms with Gasteiger partial charge in [-0.1, -0.05) is 48.5 Å². The summed E-state index contributed by atoms with van der Waals surface area (Å²) in [6.45, 7) is 0.915. The number of amides is 1. The molecule has 0 radical (unpaired) electrons. The molecule has 24 heavy (non-hydrogen) atoms. The van der Waals surface area contributed by atoms with Crippen LogP contribution in [0.1, 0.15) is 19.3 Å². The van der Waals surface area contributed by atoms with Crippen molar-refractivity contribution < 1.29 is 9.53 Å². The summed E-state index contributed by atoms with van der Waals surface area (Å²) in [7, 11) is 0. The topological polar surface area (TPSA) is 64.3 Å². The first-order chi connectivity index (χ1) is 11.7. The summed E-state index contributed by atoms with van der Waals surface area (Å²) in [5.41, 5.74) is 8.13. The van der Waals surface area contributed by atoms with Gasteiger partial charge in [0.1, 0.15) is 5.75 Å². The van der Waals surface area contributed by atoms with Gasteiger partial charge >= 0.3 is 0 Å². The lowest BCUT2D eigenvalue weighted by atomic mass is 10.1. The Morgan fingerprint density at radius 3 is 2.58 bits per heavy atom. The number of para-hydroxylation sites is 1. The number of carbonyl (C=O) groups is 1. The first-order valence-corrected chi connectivity index (χ1v) is 8.53. The van der Waals surface area contributed by atoms with Gasteiger partial charge in [0.15, 0.2) is 0 Å². The molecular formula is C20H24N2O2. The predicted octanol–water partition coefficient (Wildman–Crippen LogP) is 2.98. The SMILES string of the molecule is NC(CNC(=O)CCOc1ccccc1-c1ccccc1)C1CC1. The van der Waals surface area contributed by atoms with Crippen molar-refractivity contribution in [2.24, 2.45) is 11.7 Å². The summed E-state index contributed by atoms with van der Waals surface area (Å²) >= 11 is 0. The zero-order chi connectivity index (χ0) is 16.8. The van der Waals surface area contributed by atoms with Gasteiger partial charge in [-0.15, -0.1) is 0 Å². The molecule has 1 amide bonds. The van der Waals surface area contributed by atoms with E-state index in [0.29, 0.717) is 25.5 Å². The molecular weight excluding hydrogens is 300 g/mol. The Hall–Kier alpha value is -2.33. The first-order valence-electron chi connectivity index (χ1n) is 8.53. The molecule has 0 heterocycles. The third kappa shape index (κ3) is 4.59. The molecule has 0 saturated heterocycles. The molecule has 4 nitrogen and oxygen atoms in total. The van der Waals surface area contributed by atoms with Gasteiger partial charge in [0.2, 0.25) is 5.91 Å². The van der Waals surface area contributed by atoms with Crippen LogP contribution < -0.4 is 15.8 Å². The van der Waals surface area contributed by atoms with Gasteiger partial charge in [-0.25, -0.2) is 0 Å². The highest BCUT2D eigenvalue weighted by atomic mass is 16.5. The largest absolute Gasteiger partial charge is 0.492 e. The monoisotopic (exact) mass is 324 g/mol. The second-order valence-corrected chi connectivity index (χ2v) is 6.27. The molecule has 1 unspecified atom stereocenters. The number of carbonyl (C=O) groups excluding carboxylic acids is 1. The zero-order valence-corrected chi connectivity index (χ0v) is 13.8. The Morgan fingerprint density at radius 2 is 1.83 bits per heavy atom. The molecule has 4 heteroatoms. The Balaban J connectivity index is 1.49. The van der Waals surface area contributed by atoms with Crippen molar-refractivity contribution in [2.45, 2.75) is 25.3 Å². The van der Waals surface area contributed by atoms with Crippen molar-refractivity contribution >= 4 is 5.91 Å². The van der Waals surface area contributed by atoms with Crippen LogP contribution in [0, 0.1) is 5.92 Å². The second-order valence-electron chi connectivity index (χ2n) is 6.27. The highest BCUT2D eigenvalue weighted by Gasteiger charge is 2.28. The molecule has 1 aliphatic rings. The van der Waals surface area contributed by atoms with Crippen molar-refractivity contribution in [3.8, 4) is 16.9 Å². The summed E-state index contributed by atoms with van der Waals surface area (Å²) in [6.07, 6.45) is 2.72. The van der Waals surface area contributed by atoms with Crippen LogP contribution in [-0.4, -0.2) is 25.1 Å². The van der Waals surface area contributed by atoms with Crippen LogP contribution >= 0.6 is 0 Å². The lowest BCUT2D eigenvalue weighted by molar-refractivity contribution is -0.121. The lowest BCUT2D eigenvalue weighted by Gasteiger charge is -2.13. The third-order valence-electron chi connectivity index (χ3n) is 4.32. The number of nitrogens with one attached hydrogen (secondary N) is 1. The van der Waals surface area contributed by atoms with E-state index in [2.05, 4.69) is 5.32 Å². The van der Waals surface area contributed by atoms with E-state index >= 15 is 0 Å². The standard InChI is InChI=1S/C20H24N2O2/c21-18(16-10-11-16)14-22-20(23)12-13-24-19-9-5-4-8-17(19)15-6-2-1-3-7-15/h1-9,16,18H,10-14,21H2,(H,22,23). The molecule has 126 valence electrons. The quantitative estimate of drug-likeness (QED) is 0.784. The van der Waals surface area contributed by atoms with E-state index in [9.17, 15) is 4.79 Å². The Kier molecular flexibility index (Phi) is 5.49. The smallest absolute Gasteiger partial charge is 0.223 e. The third-order valence-corrected chi connectivity index (χ3v) is 4.32. The van der Waals surface area contributed by atoms with Crippen molar-refractivity contribution in [1.29, 1.82) is 0 Å². The van der Waals surface area contributed by atoms with Gasteiger partial charge in [-0.3, -0.25) is 4.79 Å². The van der Waals surface area contributed by atoms with E-state index in [1.54, 1.807) is 0 Å². The van der Waals surface area contributed by atoms with Crippen LogP contribution in [0.4, 0.5) is 0 Å². The van der Waals surface area contributed by atoms with Crippen LogP contribution in [0.5, 0.6) is 5.75 Å². The summed E-state index contributed by atoms with van der Waals surface area (Å²) in [5, 5.41) is 2.89. The van der Waals surface area contributed by atoms with E-state index in [0.717, 1.165) is 16.9 Å². The van der Waals surface area contributed by atoms with E-state index in [4.69, 9.17) is 10.5 Å². The fraction of sp³-hybridized carbons (Fsp3) is 0.350. The average Bonchev–Trinajstić information content (AvgIpc) is 3.46. The molecule has 1 atom stereocenters. The minimum Gasteiger partial charge on any atom is -0.492 e. The second kappa shape index (κ2) is 7.97. The van der Waals surface area contributed by atoms with Gasteiger partial charge in [-0.2, -0.15) is 0 Å². The number of ether oxygens (including phenoxy) is 1. The Bertz CT molecular complexity index is 668. The summed E-state index contributed by atoms with van der Waals surface area (Å²) in [6, 6.07) is 18.1. The maximum atomic E-state index is 11.9. The molecule has 2 aromatic rings. The molecule has 2 aromatic carbocycles. The molecule has 3 N–H and O–H groups in total. The van der Waals surface area contributed by atoms with Crippen molar-refractivity contribution in [3.63, 3.8) is 0 Å². The van der Waals surface area contributed by atoms with E-state index in [1.165, 1.54) is 12.8 Å². The van der Waals surface area contributed by atoms with E-state index in [-0.39, 0.29) is 11.9 Å². The molecule has 1 saturated carbocycles. The minimum atomic E-state index is -0.0108. The fourth-order valence-corrected chi connectivity index (χ4v) is 2.71. The maximum absolute atomic E-state index is 11.9. The van der Waals surface area contributed by atoms with Crippen molar-refractivity contribution in [2.75, 3.05) is 13.2 Å². The Morgan fingerprint density at radius 1 is 1.12 bits per heavy atom. The van der Waals surface area contributed by atoms with Crippen molar-refractivity contribution in [3.05, 3.63) is 54.6 Å². The molecule has 1 fully saturated rings. The maximum Gasteiger partial charge on any atom is 0.223 e. The summed E-state index contributed by atoms with van der Waals surface area (Å²) in [5.74, 6) is 1.38. The van der Waals surface area contributed by atoms with Gasteiger partial charge in [-0.05, 0) is 30.4 Å². The lowest BCUT2D eigenvalue weighted by Crippen LogP contribution is -2.38. The number of rotatable bonds is 8. The zero-order valence-electron chi connectivity index (χ0n) is 13.8. The first kappa shape index (κ1) is 16.5. The molecule has 0 aromatic heterocycles. The number of hydrogen-bond donors (Lipinski definition) is 2. The number of nitrogens with two attached hydrogens (primary N) is 1. The van der Waals surface area contributed by atoms with Crippen LogP contribution in [0.15, 0.2) is 54.6 Å². The molecule has 1 aliphatic carbocycles. The highest BCUT2D eigenvalue weighted by Crippen LogP contribution is 2.31. The number of hydrogen-bond acceptors (Lipinski definition) is 3. The fourth-order valence-electron chi connectivity index (χ4n) is 2.71. The summed E-state index contributed by atoms with van der Waals surface area (Å²) in [4.78, 5) is 11.9. The normalized spacial score (nSPS) is 14.9. The van der Waals surface area contributed by atoms with Crippen molar-refractivity contribution in [1.82, 2.24) is 5.32 Å². The molecule has 3 rings (SSSR count). The number of benzene rings is 2. The predicted molar refractivity (Wildman–Crippen MR) is 95.7 cm³/mol. The Labute approximate surface area is 143 Å². The van der Waals surface area contributed by atoms with Crippen LogP contribution in [-0.2, 0) is 4.79 Å². The molecule has 0 spiro atoms. The van der Waals surface area contributed by atoms with E-state index < -0.39 is 0 Å². The molecule has 0 bridgehead atoms. The van der Waals surface area contributed by atoms with Gasteiger partial charge in [0.25, 0.3) is 0 Å². The molecule has 0 aliphatic heterocycles. The highest BCUT2D eigenvalue weighted by molar-refractivity contribution is 5.76. The van der Waals surface area contributed by atoms with Crippen LogP contribution in [0.25, 0.3) is 11.1 Å². The van der Waals surface area contributed by atoms with E-state index in [1.807, 2.05) is 54.6 Å². The average molecular weight is 324 g/mol. The van der Waals surface area contributed by atoms with Gasteiger partial charge < -0.3 is 15.8 Å². The minimum absolute atomic E-state index is 0.0108. The van der Waals surface area contributed by atoms with Crippen LogP contribution in [0.2, 0.25) is 0 Å².